The first-order valence-corrected chi connectivity index (χ1v) is 15.5. The summed E-state index contributed by atoms with van der Waals surface area (Å²) in [6.45, 7) is 8.62. The van der Waals surface area contributed by atoms with Crippen molar-refractivity contribution < 1.29 is 13.4 Å². The highest BCUT2D eigenvalue weighted by atomic mass is 19.1. The van der Waals surface area contributed by atoms with E-state index >= 15 is 4.39 Å². The molecule has 5 aromatic rings. The summed E-state index contributed by atoms with van der Waals surface area (Å²) >= 11 is 0. The fraction of sp³-hybridized carbons (Fsp3) is 0.195. The number of hydrogen-bond acceptors (Lipinski definition) is 1. The van der Waals surface area contributed by atoms with Crippen molar-refractivity contribution in [3.8, 4) is 0 Å². The van der Waals surface area contributed by atoms with E-state index in [-0.39, 0.29) is 5.41 Å². The number of nitrogens with zero attached hydrogens (tertiary/aromatic N) is 2. The molecule has 45 heavy (non-hydrogen) atoms. The number of hydrogen-bond donors (Lipinski definition) is 0. The van der Waals surface area contributed by atoms with Crippen LogP contribution in [-0.2, 0) is 17.3 Å². The molecule has 0 saturated carbocycles. The Morgan fingerprint density at radius 3 is 2.18 bits per heavy atom. The summed E-state index contributed by atoms with van der Waals surface area (Å²) in [5.41, 5.74) is 6.71. The predicted octanol–water partition coefficient (Wildman–Crippen LogP) is 9.92. The van der Waals surface area contributed by atoms with Gasteiger partial charge in [0.2, 0.25) is 5.69 Å². The zero-order valence-electron chi connectivity index (χ0n) is 26.2. The predicted molar refractivity (Wildman–Crippen MR) is 184 cm³/mol. The van der Waals surface area contributed by atoms with Crippen LogP contribution in [-0.4, -0.2) is 24.4 Å². The molecule has 0 bridgehead atoms. The lowest BCUT2D eigenvalue weighted by molar-refractivity contribution is -0.401. The number of rotatable bonds is 6. The van der Waals surface area contributed by atoms with Gasteiger partial charge in [0.1, 0.15) is 18.7 Å². The van der Waals surface area contributed by atoms with Crippen LogP contribution in [0.5, 0.6) is 0 Å². The molecule has 0 aromatic heterocycles. The molecule has 0 amide bonds. The fourth-order valence-electron chi connectivity index (χ4n) is 8.04. The van der Waals surface area contributed by atoms with Gasteiger partial charge in [-0.05, 0) is 83.6 Å². The first kappa shape index (κ1) is 28.9. The van der Waals surface area contributed by atoms with Gasteiger partial charge in [-0.3, -0.25) is 0 Å². The zero-order chi connectivity index (χ0) is 31.5. The molecule has 2 nitrogen and oxygen atoms in total. The Hall–Kier alpha value is -4.83. The maximum atomic E-state index is 15.2. The highest BCUT2D eigenvalue weighted by Crippen LogP contribution is 2.52. The fourth-order valence-corrected chi connectivity index (χ4v) is 8.04. The molecular weight excluding hydrogens is 558 g/mol. The molecule has 0 saturated heterocycles. The molecule has 2 atom stereocenters. The van der Waals surface area contributed by atoms with E-state index in [2.05, 4.69) is 129 Å². The number of likely N-dealkylation sites (N-methyl/N-ethyl adjacent to an activating group) is 1. The first-order chi connectivity index (χ1) is 21.7. The monoisotopic (exact) mass is 595 g/mol. The SMILES string of the molecule is C=CCC1(C)/C(=C\C=C\C2=[N+](C)c3ccc4ccccc4c3C2(C)Cc2ccc(F)cc2F)N(C)c2ccc3ccccc3c21. The van der Waals surface area contributed by atoms with Crippen LogP contribution in [0.25, 0.3) is 21.5 Å². The molecule has 4 heteroatoms. The van der Waals surface area contributed by atoms with Crippen LogP contribution in [0.15, 0.2) is 128 Å². The second-order valence-corrected chi connectivity index (χ2v) is 12.8. The van der Waals surface area contributed by atoms with E-state index in [1.165, 1.54) is 33.8 Å². The van der Waals surface area contributed by atoms with Crippen molar-refractivity contribution >= 4 is 38.6 Å². The van der Waals surface area contributed by atoms with E-state index in [0.717, 1.165) is 40.2 Å². The number of benzene rings is 5. The van der Waals surface area contributed by atoms with Crippen molar-refractivity contribution in [2.75, 3.05) is 19.0 Å². The minimum absolute atomic E-state index is 0.261. The Bertz CT molecular complexity index is 2120. The van der Waals surface area contributed by atoms with Crippen LogP contribution in [0.2, 0.25) is 0 Å². The maximum Gasteiger partial charge on any atom is 0.210 e. The van der Waals surface area contributed by atoms with E-state index < -0.39 is 17.0 Å². The topological polar surface area (TPSA) is 6.25 Å². The van der Waals surface area contributed by atoms with Crippen LogP contribution >= 0.6 is 0 Å². The molecule has 2 aliphatic rings. The summed E-state index contributed by atoms with van der Waals surface area (Å²) in [4.78, 5) is 2.30. The standard InChI is InChI=1S/C41H37F2N2/c1-6-24-40(2)36(44(4)34-22-19-27-12-7-9-14-31(27)38(34)40)16-11-17-37-41(3,26-29-18-21-30(42)25-33(29)43)39-32-15-10-8-13-28(32)20-23-35(39)45(37)5/h6-23,25H,1,24,26H2,2-5H3/q+1. The zero-order valence-corrected chi connectivity index (χ0v) is 26.2. The first-order valence-electron chi connectivity index (χ1n) is 15.5. The van der Waals surface area contributed by atoms with Gasteiger partial charge >= 0.3 is 0 Å². The van der Waals surface area contributed by atoms with Crippen molar-refractivity contribution in [1.29, 1.82) is 0 Å². The smallest absolute Gasteiger partial charge is 0.210 e. The molecule has 0 spiro atoms. The van der Waals surface area contributed by atoms with E-state index in [1.807, 2.05) is 12.1 Å². The van der Waals surface area contributed by atoms with Crippen molar-refractivity contribution in [2.45, 2.75) is 37.5 Å². The average Bonchev–Trinajstić information content (AvgIpc) is 3.38. The molecule has 2 heterocycles. The molecule has 2 aliphatic heterocycles. The minimum Gasteiger partial charge on any atom is -0.347 e. The quantitative estimate of drug-likeness (QED) is 0.140. The van der Waals surface area contributed by atoms with Crippen molar-refractivity contribution in [3.63, 3.8) is 0 Å². The Morgan fingerprint density at radius 1 is 0.822 bits per heavy atom. The Balaban J connectivity index is 1.36. The van der Waals surface area contributed by atoms with Gasteiger partial charge in [-0.1, -0.05) is 72.8 Å². The van der Waals surface area contributed by atoms with E-state index in [4.69, 9.17) is 0 Å². The summed E-state index contributed by atoms with van der Waals surface area (Å²) in [5, 5.41) is 4.78. The van der Waals surface area contributed by atoms with Crippen molar-refractivity contribution in [3.05, 3.63) is 156 Å². The molecule has 0 aliphatic carbocycles. The molecule has 7 rings (SSSR count). The second kappa shape index (κ2) is 10.7. The third kappa shape index (κ3) is 4.38. The minimum atomic E-state index is -0.566. The number of anilines is 1. The lowest BCUT2D eigenvalue weighted by Crippen LogP contribution is -2.33. The molecule has 0 radical (unpaired) electrons. The Kier molecular flexibility index (Phi) is 6.85. The van der Waals surface area contributed by atoms with Gasteiger partial charge in [0, 0.05) is 47.6 Å². The second-order valence-electron chi connectivity index (χ2n) is 12.8. The molecule has 224 valence electrons. The molecule has 0 N–H and O–H groups in total. The van der Waals surface area contributed by atoms with Crippen LogP contribution < -0.4 is 4.90 Å². The van der Waals surface area contributed by atoms with Crippen molar-refractivity contribution in [1.82, 2.24) is 0 Å². The van der Waals surface area contributed by atoms with Gasteiger partial charge in [-0.2, -0.15) is 4.58 Å². The summed E-state index contributed by atoms with van der Waals surface area (Å²) in [6.07, 6.45) is 9.74. The molecule has 0 fully saturated rings. The third-order valence-corrected chi connectivity index (χ3v) is 10.1. The largest absolute Gasteiger partial charge is 0.347 e. The molecule has 2 unspecified atom stereocenters. The lowest BCUT2D eigenvalue weighted by Gasteiger charge is -2.28. The Labute approximate surface area is 263 Å². The molecular formula is C41H37F2N2+. The Morgan fingerprint density at radius 2 is 1.49 bits per heavy atom. The average molecular weight is 596 g/mol. The van der Waals surface area contributed by atoms with Crippen molar-refractivity contribution in [2.24, 2.45) is 0 Å². The third-order valence-electron chi connectivity index (χ3n) is 10.1. The van der Waals surface area contributed by atoms with E-state index in [1.54, 1.807) is 6.07 Å². The number of allylic oxidation sites excluding steroid dienone is 5. The summed E-state index contributed by atoms with van der Waals surface area (Å²) in [6, 6.07) is 29.6. The summed E-state index contributed by atoms with van der Waals surface area (Å²) in [5.74, 6) is -1.08. The van der Waals surface area contributed by atoms with Crippen LogP contribution in [0.3, 0.4) is 0 Å². The van der Waals surface area contributed by atoms with Crippen LogP contribution in [0.1, 0.15) is 37.0 Å². The van der Waals surface area contributed by atoms with Crippen LogP contribution in [0, 0.1) is 11.6 Å². The number of halogens is 2. The summed E-state index contributed by atoms with van der Waals surface area (Å²) in [7, 11) is 4.22. The van der Waals surface area contributed by atoms with E-state index in [0.29, 0.717) is 12.0 Å². The van der Waals surface area contributed by atoms with Gasteiger partial charge in [0.15, 0.2) is 5.71 Å². The van der Waals surface area contributed by atoms with Crippen LogP contribution in [0.4, 0.5) is 20.2 Å². The normalized spacial score (nSPS) is 21.8. The molecule has 5 aromatic carbocycles. The number of fused-ring (bicyclic) bond motifs is 6. The summed E-state index contributed by atoms with van der Waals surface area (Å²) < 4.78 is 31.3. The van der Waals surface area contributed by atoms with E-state index in [9.17, 15) is 4.39 Å². The highest BCUT2D eigenvalue weighted by molar-refractivity contribution is 6.08. The maximum absolute atomic E-state index is 15.2. The van der Waals surface area contributed by atoms with Gasteiger partial charge in [0.25, 0.3) is 0 Å². The van der Waals surface area contributed by atoms with Gasteiger partial charge < -0.3 is 4.90 Å². The van der Waals surface area contributed by atoms with Gasteiger partial charge in [-0.25, -0.2) is 8.78 Å². The highest BCUT2D eigenvalue weighted by Gasteiger charge is 2.48. The lowest BCUT2D eigenvalue weighted by atomic mass is 9.72. The van der Waals surface area contributed by atoms with Gasteiger partial charge in [-0.15, -0.1) is 6.58 Å². The van der Waals surface area contributed by atoms with Gasteiger partial charge in [0.05, 0.1) is 5.41 Å².